The van der Waals surface area contributed by atoms with Crippen LogP contribution in [0.25, 0.3) is 28.0 Å². The molecule has 7 rings (SSSR count). The summed E-state index contributed by atoms with van der Waals surface area (Å²) < 4.78 is 46.8. The van der Waals surface area contributed by atoms with Crippen LogP contribution in [-0.2, 0) is 9.84 Å². The number of anilines is 1. The molecule has 3 atom stereocenters. The minimum Gasteiger partial charge on any atom is -0.494 e. The average Bonchev–Trinajstić information content (AvgIpc) is 3.75. The molecule has 4 aromatic heterocycles. The molecular formula is C29H28FN9O4S. The first kappa shape index (κ1) is 27.9. The summed E-state index contributed by atoms with van der Waals surface area (Å²) in [6.45, 7) is 0. The van der Waals surface area contributed by atoms with Crippen molar-refractivity contribution in [3.8, 4) is 28.1 Å². The van der Waals surface area contributed by atoms with Crippen molar-refractivity contribution in [3.63, 3.8) is 0 Å². The zero-order valence-electron chi connectivity index (χ0n) is 23.8. The van der Waals surface area contributed by atoms with E-state index in [4.69, 9.17) is 15.5 Å². The summed E-state index contributed by atoms with van der Waals surface area (Å²) in [5.74, 6) is -0.814. The summed E-state index contributed by atoms with van der Waals surface area (Å²) in [5, 5.41) is 14.6. The van der Waals surface area contributed by atoms with Gasteiger partial charge in [0, 0.05) is 47.1 Å². The molecule has 1 amide bonds. The third-order valence-electron chi connectivity index (χ3n) is 8.54. The van der Waals surface area contributed by atoms with Crippen LogP contribution in [0.15, 0.2) is 53.8 Å². The predicted molar refractivity (Wildman–Crippen MR) is 157 cm³/mol. The number of piperidine rings is 1. The van der Waals surface area contributed by atoms with E-state index in [1.807, 2.05) is 11.0 Å². The normalized spacial score (nSPS) is 19.9. The van der Waals surface area contributed by atoms with E-state index < -0.39 is 15.7 Å². The molecule has 2 fully saturated rings. The lowest BCUT2D eigenvalue weighted by Gasteiger charge is -2.38. The lowest BCUT2D eigenvalue weighted by Crippen LogP contribution is -2.46. The standard InChI is InChI=1S/C29H28FN9O4S/c1-43-24-8-4-15(11-21(24)30)22-7-3-16(12-32-22)20-13-34-39-27(31)26(44(2,41)42)25(35-28(20)39)17-9-18-5-6-19(10-17)38(18)29(40)23-14-33-37-36-23/h3-4,7-8,11-14,17-19H,5-6,9-10,31H2,1-2H3,(H,33,36,37)/t17-,18-,19+. The number of rotatable bonds is 6. The maximum Gasteiger partial charge on any atom is 0.276 e. The first-order valence-electron chi connectivity index (χ1n) is 14.0. The maximum absolute atomic E-state index is 14.3. The molecule has 5 aromatic rings. The number of aromatic amines is 1. The van der Waals surface area contributed by atoms with Gasteiger partial charge in [-0.3, -0.25) is 9.78 Å². The number of nitrogens with one attached hydrogen (secondary N) is 1. The van der Waals surface area contributed by atoms with Gasteiger partial charge in [-0.05, 0) is 49.9 Å². The molecule has 2 aliphatic heterocycles. The molecule has 0 saturated carbocycles. The number of carbonyl (C=O) groups is 1. The van der Waals surface area contributed by atoms with Gasteiger partial charge < -0.3 is 15.4 Å². The number of nitrogens with two attached hydrogens (primary N) is 1. The topological polar surface area (TPSA) is 174 Å². The van der Waals surface area contributed by atoms with E-state index in [9.17, 15) is 17.6 Å². The Bertz CT molecular complexity index is 2000. The second-order valence-electron chi connectivity index (χ2n) is 11.2. The number of amides is 1. The summed E-state index contributed by atoms with van der Waals surface area (Å²) in [7, 11) is -2.38. The van der Waals surface area contributed by atoms with E-state index in [0.717, 1.165) is 19.1 Å². The van der Waals surface area contributed by atoms with Crippen molar-refractivity contribution in [1.29, 1.82) is 0 Å². The van der Waals surface area contributed by atoms with E-state index in [-0.39, 0.29) is 46.1 Å². The summed E-state index contributed by atoms with van der Waals surface area (Å²) in [6, 6.07) is 8.00. The minimum atomic E-state index is -3.79. The Labute approximate surface area is 251 Å². The Morgan fingerprint density at radius 1 is 1.09 bits per heavy atom. The van der Waals surface area contributed by atoms with Crippen molar-refractivity contribution in [3.05, 3.63) is 66.1 Å². The maximum atomic E-state index is 14.3. The Morgan fingerprint density at radius 2 is 1.84 bits per heavy atom. The molecule has 0 aliphatic carbocycles. The van der Waals surface area contributed by atoms with Crippen LogP contribution in [0.5, 0.6) is 5.75 Å². The van der Waals surface area contributed by atoms with Gasteiger partial charge in [0.15, 0.2) is 32.7 Å². The van der Waals surface area contributed by atoms with Gasteiger partial charge in [-0.25, -0.2) is 17.8 Å². The fraction of sp³-hybridized carbons (Fsp3) is 0.310. The smallest absolute Gasteiger partial charge is 0.276 e. The number of benzene rings is 1. The third kappa shape index (κ3) is 4.54. The summed E-state index contributed by atoms with van der Waals surface area (Å²) >= 11 is 0. The lowest BCUT2D eigenvalue weighted by atomic mass is 9.87. The molecular weight excluding hydrogens is 589 g/mol. The molecule has 226 valence electrons. The zero-order valence-corrected chi connectivity index (χ0v) is 24.6. The molecule has 15 heteroatoms. The Balaban J connectivity index is 1.26. The van der Waals surface area contributed by atoms with Crippen LogP contribution in [0, 0.1) is 5.82 Å². The van der Waals surface area contributed by atoms with Crippen LogP contribution < -0.4 is 10.5 Å². The minimum absolute atomic E-state index is 0.0227. The number of pyridine rings is 1. The van der Waals surface area contributed by atoms with E-state index >= 15 is 0 Å². The zero-order chi connectivity index (χ0) is 30.7. The highest BCUT2D eigenvalue weighted by atomic mass is 32.2. The highest BCUT2D eigenvalue weighted by Gasteiger charge is 2.46. The van der Waals surface area contributed by atoms with Crippen molar-refractivity contribution >= 4 is 27.2 Å². The summed E-state index contributed by atoms with van der Waals surface area (Å²) in [4.78, 5) is 24.4. The molecule has 0 spiro atoms. The van der Waals surface area contributed by atoms with Gasteiger partial charge in [-0.1, -0.05) is 6.07 Å². The number of fused-ring (bicyclic) bond motifs is 3. The first-order valence-corrected chi connectivity index (χ1v) is 15.9. The number of halogens is 1. The van der Waals surface area contributed by atoms with E-state index in [0.29, 0.717) is 46.6 Å². The molecule has 2 aliphatic rings. The monoisotopic (exact) mass is 617 g/mol. The Kier molecular flexibility index (Phi) is 6.57. The molecule has 0 unspecified atom stereocenters. The van der Waals surface area contributed by atoms with Crippen LogP contribution in [0.4, 0.5) is 10.2 Å². The Morgan fingerprint density at radius 3 is 2.45 bits per heavy atom. The number of methoxy groups -OCH3 is 1. The summed E-state index contributed by atoms with van der Waals surface area (Å²) in [5.41, 5.74) is 9.95. The van der Waals surface area contributed by atoms with Gasteiger partial charge >= 0.3 is 0 Å². The number of hydrogen-bond donors (Lipinski definition) is 2. The lowest BCUT2D eigenvalue weighted by molar-refractivity contribution is 0.0562. The first-order chi connectivity index (χ1) is 21.1. The number of sulfone groups is 1. The number of nitrogen functional groups attached to an aromatic ring is 1. The highest BCUT2D eigenvalue weighted by molar-refractivity contribution is 7.91. The number of ether oxygens (including phenoxy) is 1. The quantitative estimate of drug-likeness (QED) is 0.288. The number of hydrogen-bond acceptors (Lipinski definition) is 10. The molecule has 13 nitrogen and oxygen atoms in total. The number of aromatic nitrogens is 7. The van der Waals surface area contributed by atoms with Crippen LogP contribution in [0.1, 0.15) is 47.8 Å². The van der Waals surface area contributed by atoms with Crippen molar-refractivity contribution in [2.24, 2.45) is 0 Å². The Hall–Kier alpha value is -4.92. The molecule has 6 heterocycles. The molecule has 3 N–H and O–H groups in total. The van der Waals surface area contributed by atoms with Gasteiger partial charge in [0.05, 0.1) is 30.9 Å². The van der Waals surface area contributed by atoms with Crippen molar-refractivity contribution in [2.75, 3.05) is 19.1 Å². The SMILES string of the molecule is COc1ccc(-c2ccc(-c3cnn4c(N)c(S(C)(=O)=O)c([C@@H]5C[C@H]6CC[C@@H](C5)N6C(=O)c5cn[nH]n5)nc34)cn2)cc1F. The van der Waals surface area contributed by atoms with Crippen molar-refractivity contribution in [2.45, 2.75) is 48.6 Å². The molecule has 2 saturated heterocycles. The molecule has 44 heavy (non-hydrogen) atoms. The van der Waals surface area contributed by atoms with Crippen molar-refractivity contribution < 1.29 is 22.3 Å². The van der Waals surface area contributed by atoms with Crippen LogP contribution in [0.2, 0.25) is 0 Å². The van der Waals surface area contributed by atoms with Gasteiger partial charge in [-0.2, -0.15) is 25.0 Å². The van der Waals surface area contributed by atoms with Crippen molar-refractivity contribution in [1.82, 2.24) is 39.9 Å². The predicted octanol–water partition coefficient (Wildman–Crippen LogP) is 3.26. The van der Waals surface area contributed by atoms with Gasteiger partial charge in [0.25, 0.3) is 5.91 Å². The van der Waals surface area contributed by atoms with Gasteiger partial charge in [0.1, 0.15) is 10.7 Å². The molecule has 2 bridgehead atoms. The largest absolute Gasteiger partial charge is 0.494 e. The van der Waals surface area contributed by atoms with Crippen LogP contribution in [0.3, 0.4) is 0 Å². The molecule has 1 aromatic carbocycles. The van der Waals surface area contributed by atoms with E-state index in [1.165, 1.54) is 23.9 Å². The van der Waals surface area contributed by atoms with Crippen LogP contribution in [-0.4, -0.2) is 79.7 Å². The highest BCUT2D eigenvalue weighted by Crippen LogP contribution is 2.45. The van der Waals surface area contributed by atoms with E-state index in [2.05, 4.69) is 25.5 Å². The molecule has 0 radical (unpaired) electrons. The second-order valence-corrected chi connectivity index (χ2v) is 13.1. The number of H-pyrrole nitrogens is 1. The second kappa shape index (κ2) is 10.4. The summed E-state index contributed by atoms with van der Waals surface area (Å²) in [6.07, 6.45) is 8.38. The van der Waals surface area contributed by atoms with E-state index in [1.54, 1.807) is 30.6 Å². The fourth-order valence-corrected chi connectivity index (χ4v) is 7.66. The average molecular weight is 618 g/mol. The van der Waals surface area contributed by atoms with Gasteiger partial charge in [-0.15, -0.1) is 0 Å². The van der Waals surface area contributed by atoms with Gasteiger partial charge in [0.2, 0.25) is 0 Å². The number of carbonyl (C=O) groups excluding carboxylic acids is 1. The fourth-order valence-electron chi connectivity index (χ4n) is 6.60. The third-order valence-corrected chi connectivity index (χ3v) is 9.70. The van der Waals surface area contributed by atoms with Crippen LogP contribution >= 0.6 is 0 Å². The number of nitrogens with zero attached hydrogens (tertiary/aromatic N) is 7.